The topological polar surface area (TPSA) is 96.6 Å². The van der Waals surface area contributed by atoms with Gasteiger partial charge in [-0.3, -0.25) is 0 Å². The van der Waals surface area contributed by atoms with Gasteiger partial charge in [0.25, 0.3) is 5.37 Å². The number of aryl methyl sites for hydroxylation is 1. The van der Waals surface area contributed by atoms with Crippen molar-refractivity contribution in [1.82, 2.24) is 0 Å². The lowest BCUT2D eigenvalue weighted by molar-refractivity contribution is -0.154. The van der Waals surface area contributed by atoms with E-state index in [0.717, 1.165) is 5.56 Å². The Bertz CT molecular complexity index is 600. The Balaban J connectivity index is 3.13. The summed E-state index contributed by atoms with van der Waals surface area (Å²) < 4.78 is 29.6. The van der Waals surface area contributed by atoms with Gasteiger partial charge < -0.3 is 4.74 Å². The fourth-order valence-electron chi connectivity index (χ4n) is 1.46. The zero-order valence-electron chi connectivity index (χ0n) is 11.9. The second-order valence-electron chi connectivity index (χ2n) is 5.37. The number of nitrogens with zero attached hydrogens (tertiary/aromatic N) is 1. The molecule has 7 heteroatoms. The van der Waals surface area contributed by atoms with Gasteiger partial charge in [-0.2, -0.15) is 5.11 Å². The van der Waals surface area contributed by atoms with Gasteiger partial charge >= 0.3 is 5.97 Å². The molecular weight excluding hydrogens is 280 g/mol. The van der Waals surface area contributed by atoms with Crippen LogP contribution in [0.25, 0.3) is 0 Å². The van der Waals surface area contributed by atoms with E-state index in [2.05, 4.69) is 5.11 Å². The first-order valence-electron chi connectivity index (χ1n) is 5.98. The van der Waals surface area contributed by atoms with E-state index in [1.165, 1.54) is 12.1 Å². The molecule has 1 aromatic rings. The van der Waals surface area contributed by atoms with Gasteiger partial charge in [-0.05, 0) is 39.8 Å². The summed E-state index contributed by atoms with van der Waals surface area (Å²) in [5.41, 5.74) is 7.04. The van der Waals surface area contributed by atoms with Gasteiger partial charge in [0, 0.05) is 0 Å². The molecule has 1 aromatic carbocycles. The Labute approximate surface area is 118 Å². The summed E-state index contributed by atoms with van der Waals surface area (Å²) in [6.07, 6.45) is 0. The van der Waals surface area contributed by atoms with Crippen LogP contribution in [0, 0.1) is 12.5 Å². The largest absolute Gasteiger partial charge is 0.458 e. The molecule has 0 bridgehead atoms. The van der Waals surface area contributed by atoms with E-state index in [1.54, 1.807) is 32.9 Å². The third-order valence-corrected chi connectivity index (χ3v) is 4.18. The summed E-state index contributed by atoms with van der Waals surface area (Å²) in [6, 6.07) is 5.99. The van der Waals surface area contributed by atoms with Gasteiger partial charge in [0.2, 0.25) is 9.84 Å². The molecule has 1 N–H and O–H groups in total. The molecule has 0 fully saturated rings. The Morgan fingerprint density at radius 1 is 1.25 bits per heavy atom. The van der Waals surface area contributed by atoms with E-state index in [9.17, 15) is 13.2 Å². The lowest BCUT2D eigenvalue weighted by atomic mass is 10.2. The number of rotatable bonds is 4. The third kappa shape index (κ3) is 3.86. The van der Waals surface area contributed by atoms with Gasteiger partial charge in [0.15, 0.2) is 0 Å². The van der Waals surface area contributed by atoms with Crippen molar-refractivity contribution in [3.63, 3.8) is 0 Å². The smallest absolute Gasteiger partial charge is 0.349 e. The number of sulfone groups is 1. The average Bonchev–Trinajstić information content (AvgIpc) is 2.27. The van der Waals surface area contributed by atoms with Crippen LogP contribution < -0.4 is 0 Å². The van der Waals surface area contributed by atoms with Crippen molar-refractivity contribution in [3.05, 3.63) is 29.8 Å². The summed E-state index contributed by atoms with van der Waals surface area (Å²) in [4.78, 5) is 11.8. The SMILES string of the molecule is Cc1ccc(S(=O)(=O)C(N=N)C(=O)OC(C)(C)C)cc1. The van der Waals surface area contributed by atoms with E-state index < -0.39 is 26.8 Å². The third-order valence-electron chi connectivity index (χ3n) is 2.37. The molecule has 0 saturated heterocycles. The second kappa shape index (κ2) is 5.70. The number of hydrogen-bond donors (Lipinski definition) is 1. The summed E-state index contributed by atoms with van der Waals surface area (Å²) in [7, 11) is -4.07. The van der Waals surface area contributed by atoms with Gasteiger partial charge in [0.05, 0.1) is 4.90 Å². The number of ether oxygens (including phenoxy) is 1. The van der Waals surface area contributed by atoms with Crippen LogP contribution in [-0.2, 0) is 19.4 Å². The zero-order valence-corrected chi connectivity index (χ0v) is 12.7. The van der Waals surface area contributed by atoms with Gasteiger partial charge in [-0.15, -0.1) is 0 Å². The molecule has 1 atom stereocenters. The fraction of sp³-hybridized carbons (Fsp3) is 0.462. The minimum Gasteiger partial charge on any atom is -0.458 e. The Morgan fingerprint density at radius 2 is 1.75 bits per heavy atom. The van der Waals surface area contributed by atoms with Gasteiger partial charge in [0.1, 0.15) is 5.60 Å². The number of esters is 1. The van der Waals surface area contributed by atoms with E-state index >= 15 is 0 Å². The highest BCUT2D eigenvalue weighted by atomic mass is 32.2. The molecule has 110 valence electrons. The van der Waals surface area contributed by atoms with Crippen LogP contribution in [0.15, 0.2) is 34.3 Å². The first kappa shape index (κ1) is 16.3. The Kier molecular flexibility index (Phi) is 4.65. The first-order chi connectivity index (χ1) is 9.08. The van der Waals surface area contributed by atoms with E-state index in [0.29, 0.717) is 0 Å². The van der Waals surface area contributed by atoms with Crippen molar-refractivity contribution >= 4 is 15.8 Å². The number of carbonyl (C=O) groups excluding carboxylic acids is 1. The predicted molar refractivity (Wildman–Crippen MR) is 73.1 cm³/mol. The lowest BCUT2D eigenvalue weighted by Crippen LogP contribution is -2.35. The number of carbonyl (C=O) groups is 1. The quantitative estimate of drug-likeness (QED) is 0.682. The van der Waals surface area contributed by atoms with Crippen LogP contribution >= 0.6 is 0 Å². The average molecular weight is 298 g/mol. The molecule has 0 saturated carbocycles. The molecular formula is C13H18N2O4S. The highest BCUT2D eigenvalue weighted by Crippen LogP contribution is 2.20. The first-order valence-corrected chi connectivity index (χ1v) is 7.52. The molecule has 1 unspecified atom stereocenters. The lowest BCUT2D eigenvalue weighted by Gasteiger charge is -2.21. The summed E-state index contributed by atoms with van der Waals surface area (Å²) in [5.74, 6) is -1.05. The van der Waals surface area contributed by atoms with E-state index in [1.807, 2.05) is 6.92 Å². The van der Waals surface area contributed by atoms with Crippen LogP contribution in [0.4, 0.5) is 0 Å². The number of nitrogens with one attached hydrogen (secondary N) is 1. The van der Waals surface area contributed by atoms with Crippen molar-refractivity contribution < 1.29 is 17.9 Å². The van der Waals surface area contributed by atoms with Crippen LogP contribution in [0.1, 0.15) is 26.3 Å². The Morgan fingerprint density at radius 3 is 2.15 bits per heavy atom. The molecule has 1 rings (SSSR count). The van der Waals surface area contributed by atoms with Crippen molar-refractivity contribution in [2.75, 3.05) is 0 Å². The maximum absolute atomic E-state index is 12.3. The monoisotopic (exact) mass is 298 g/mol. The fourth-order valence-corrected chi connectivity index (χ4v) is 2.67. The van der Waals surface area contributed by atoms with Crippen molar-refractivity contribution in [1.29, 1.82) is 5.53 Å². The summed E-state index contributed by atoms with van der Waals surface area (Å²) >= 11 is 0. The van der Waals surface area contributed by atoms with Crippen LogP contribution in [0.2, 0.25) is 0 Å². The zero-order chi connectivity index (χ0) is 15.6. The highest BCUT2D eigenvalue weighted by molar-refractivity contribution is 7.92. The van der Waals surface area contributed by atoms with Crippen molar-refractivity contribution in [2.24, 2.45) is 5.11 Å². The number of hydrogen-bond acceptors (Lipinski definition) is 6. The van der Waals surface area contributed by atoms with Crippen LogP contribution in [0.3, 0.4) is 0 Å². The van der Waals surface area contributed by atoms with Crippen LogP contribution in [-0.4, -0.2) is 25.4 Å². The summed E-state index contributed by atoms with van der Waals surface area (Å²) in [5, 5.41) is 1.06. The minimum absolute atomic E-state index is 0.0602. The predicted octanol–water partition coefficient (Wildman–Crippen LogP) is 2.47. The standard InChI is InChI=1S/C13H18N2O4S/c1-9-5-7-10(8-6-9)20(17,18)11(15-14)12(16)19-13(2,3)4/h5-8,11,14H,1-4H3. The molecule has 0 spiro atoms. The van der Waals surface area contributed by atoms with Crippen molar-refractivity contribution in [3.8, 4) is 0 Å². The summed E-state index contributed by atoms with van der Waals surface area (Å²) in [6.45, 7) is 6.66. The molecule has 6 nitrogen and oxygen atoms in total. The highest BCUT2D eigenvalue weighted by Gasteiger charge is 2.37. The van der Waals surface area contributed by atoms with Crippen LogP contribution in [0.5, 0.6) is 0 Å². The number of benzene rings is 1. The molecule has 0 aliphatic carbocycles. The molecule has 0 amide bonds. The van der Waals surface area contributed by atoms with Crippen molar-refractivity contribution in [2.45, 2.75) is 43.6 Å². The Hall–Kier alpha value is -1.76. The normalized spacial score (nSPS) is 13.6. The van der Waals surface area contributed by atoms with Gasteiger partial charge in [-0.1, -0.05) is 17.7 Å². The van der Waals surface area contributed by atoms with Gasteiger partial charge in [-0.25, -0.2) is 18.7 Å². The maximum atomic E-state index is 12.3. The second-order valence-corrected chi connectivity index (χ2v) is 7.38. The van der Waals surface area contributed by atoms with E-state index in [-0.39, 0.29) is 4.90 Å². The molecule has 20 heavy (non-hydrogen) atoms. The van der Waals surface area contributed by atoms with E-state index in [4.69, 9.17) is 10.3 Å². The molecule has 0 heterocycles. The minimum atomic E-state index is -4.07. The molecule has 0 aliphatic heterocycles. The molecule has 0 aromatic heterocycles. The maximum Gasteiger partial charge on any atom is 0.349 e. The molecule has 0 aliphatic rings. The molecule has 0 radical (unpaired) electrons.